The fourth-order valence-electron chi connectivity index (χ4n) is 5.73. The highest BCUT2D eigenvalue weighted by atomic mass is 16.5. The lowest BCUT2D eigenvalue weighted by molar-refractivity contribution is -0.148. The average Bonchev–Trinajstić information content (AvgIpc) is 3.31. The van der Waals surface area contributed by atoms with Crippen molar-refractivity contribution in [2.24, 2.45) is 11.8 Å². The van der Waals surface area contributed by atoms with Crippen LogP contribution in [0, 0.1) is 11.8 Å². The van der Waals surface area contributed by atoms with Gasteiger partial charge in [0, 0.05) is 38.4 Å². The largest absolute Gasteiger partial charge is 0.481 e. The number of carboxylic acids is 1. The van der Waals surface area contributed by atoms with Gasteiger partial charge in [-0.1, -0.05) is 12.2 Å². The fraction of sp³-hybridized carbons (Fsp3) is 0.789. The molecule has 0 aromatic carbocycles. The maximum atomic E-state index is 13.1. The number of rotatable bonds is 3. The van der Waals surface area contributed by atoms with Crippen molar-refractivity contribution < 1.29 is 24.2 Å². The number of nitrogens with zero attached hydrogens (tertiary/aromatic N) is 2. The summed E-state index contributed by atoms with van der Waals surface area (Å²) in [5.74, 6) is -2.23. The third kappa shape index (κ3) is 2.37. The molecule has 26 heavy (non-hydrogen) atoms. The molecule has 4 fully saturated rings. The lowest BCUT2D eigenvalue weighted by Crippen LogP contribution is -2.50. The molecule has 5 aliphatic heterocycles. The van der Waals surface area contributed by atoms with Gasteiger partial charge in [-0.2, -0.15) is 0 Å². The minimum absolute atomic E-state index is 0.0197. The van der Waals surface area contributed by atoms with Gasteiger partial charge >= 0.3 is 5.97 Å². The Morgan fingerprint density at radius 3 is 2.58 bits per heavy atom. The number of hydrogen-bond donors (Lipinski definition) is 1. The van der Waals surface area contributed by atoms with Crippen LogP contribution in [0.3, 0.4) is 0 Å². The van der Waals surface area contributed by atoms with Crippen molar-refractivity contribution in [1.82, 2.24) is 9.80 Å². The number of aliphatic carboxylic acids is 1. The molecule has 0 aliphatic carbocycles. The second kappa shape index (κ2) is 6.04. The number of fused-ring (bicyclic) bond motifs is 1. The van der Waals surface area contributed by atoms with Gasteiger partial charge < -0.3 is 24.4 Å². The number of amides is 1. The highest BCUT2D eigenvalue weighted by Crippen LogP contribution is 2.52. The van der Waals surface area contributed by atoms with Crippen LogP contribution in [0.1, 0.15) is 25.7 Å². The number of likely N-dealkylation sites (tertiary alicyclic amines) is 2. The molecule has 0 aromatic heterocycles. The number of carbonyl (C=O) groups excluding carboxylic acids is 1. The van der Waals surface area contributed by atoms with Crippen LogP contribution in [0.2, 0.25) is 0 Å². The standard InChI is InChI=1S/C19H26N2O5/c22-17-16-15(18(23)24)14-1-6-19(16,26-14)11-21(17)13-2-7-20(8-3-13)12-4-9-25-10-5-12/h1,6,12-16H,2-5,7-11H2,(H,23,24). The molecule has 7 heteroatoms. The van der Waals surface area contributed by atoms with Gasteiger partial charge in [0.05, 0.1) is 18.6 Å². The van der Waals surface area contributed by atoms with E-state index in [-0.39, 0.29) is 11.9 Å². The molecule has 5 aliphatic rings. The number of piperidine rings is 1. The highest BCUT2D eigenvalue weighted by Gasteiger charge is 2.67. The predicted molar refractivity (Wildman–Crippen MR) is 91.5 cm³/mol. The number of hydrogen-bond acceptors (Lipinski definition) is 5. The van der Waals surface area contributed by atoms with Crippen LogP contribution in [0.15, 0.2) is 12.2 Å². The quantitative estimate of drug-likeness (QED) is 0.737. The summed E-state index contributed by atoms with van der Waals surface area (Å²) in [6.45, 7) is 4.20. The maximum absolute atomic E-state index is 13.1. The Morgan fingerprint density at radius 1 is 1.15 bits per heavy atom. The van der Waals surface area contributed by atoms with Crippen LogP contribution in [0.4, 0.5) is 0 Å². The molecule has 2 bridgehead atoms. The van der Waals surface area contributed by atoms with Gasteiger partial charge in [0.2, 0.25) is 5.91 Å². The van der Waals surface area contributed by atoms with E-state index in [9.17, 15) is 14.7 Å². The molecule has 0 saturated carbocycles. The summed E-state index contributed by atoms with van der Waals surface area (Å²) in [6, 6.07) is 0.805. The number of ether oxygens (including phenoxy) is 2. The molecule has 4 unspecified atom stereocenters. The second-order valence-electron chi connectivity index (χ2n) is 8.32. The Labute approximate surface area is 152 Å². The zero-order chi connectivity index (χ0) is 17.9. The minimum Gasteiger partial charge on any atom is -0.481 e. The lowest BCUT2D eigenvalue weighted by atomic mass is 9.77. The second-order valence-corrected chi connectivity index (χ2v) is 8.32. The van der Waals surface area contributed by atoms with Crippen molar-refractivity contribution in [3.8, 4) is 0 Å². The van der Waals surface area contributed by atoms with Gasteiger partial charge in [0.1, 0.15) is 11.5 Å². The van der Waals surface area contributed by atoms with E-state index in [2.05, 4.69) is 4.90 Å². The SMILES string of the molecule is O=C(O)C1C2C=CC3(CN(C4CCN(C5CCOCC5)CC4)C(=O)C13)O2. The summed E-state index contributed by atoms with van der Waals surface area (Å²) in [5.41, 5.74) is -0.706. The van der Waals surface area contributed by atoms with Crippen LogP contribution in [0.25, 0.3) is 0 Å². The van der Waals surface area contributed by atoms with Gasteiger partial charge in [-0.05, 0) is 25.7 Å². The summed E-state index contributed by atoms with van der Waals surface area (Å²) < 4.78 is 11.4. The summed E-state index contributed by atoms with van der Waals surface area (Å²) in [5, 5.41) is 9.57. The van der Waals surface area contributed by atoms with Crippen molar-refractivity contribution in [3.05, 3.63) is 12.2 Å². The molecule has 142 valence electrons. The third-order valence-corrected chi connectivity index (χ3v) is 7.06. The van der Waals surface area contributed by atoms with E-state index in [1.54, 1.807) is 0 Å². The molecule has 4 atom stereocenters. The molecule has 0 aromatic rings. The molecule has 5 heterocycles. The van der Waals surface area contributed by atoms with Crippen molar-refractivity contribution in [2.75, 3.05) is 32.8 Å². The Morgan fingerprint density at radius 2 is 1.88 bits per heavy atom. The normalized spacial score (nSPS) is 41.2. The van der Waals surface area contributed by atoms with Gasteiger partial charge in [-0.25, -0.2) is 0 Å². The van der Waals surface area contributed by atoms with Gasteiger partial charge in [-0.15, -0.1) is 0 Å². The van der Waals surface area contributed by atoms with Crippen molar-refractivity contribution in [3.63, 3.8) is 0 Å². The van der Waals surface area contributed by atoms with Gasteiger partial charge in [0.25, 0.3) is 0 Å². The minimum atomic E-state index is -0.921. The molecule has 0 radical (unpaired) electrons. The Balaban J connectivity index is 1.27. The summed E-state index contributed by atoms with van der Waals surface area (Å²) in [6.07, 6.45) is 7.43. The van der Waals surface area contributed by atoms with E-state index in [0.29, 0.717) is 12.6 Å². The summed E-state index contributed by atoms with van der Waals surface area (Å²) in [4.78, 5) is 29.2. The van der Waals surface area contributed by atoms with Crippen LogP contribution in [-0.2, 0) is 19.1 Å². The molecule has 1 N–H and O–H groups in total. The topological polar surface area (TPSA) is 79.3 Å². The molecule has 5 rings (SSSR count). The predicted octanol–water partition coefficient (Wildman–Crippen LogP) is 0.496. The van der Waals surface area contributed by atoms with Gasteiger partial charge in [0.15, 0.2) is 0 Å². The molecule has 1 spiro atoms. The Hall–Kier alpha value is -1.44. The third-order valence-electron chi connectivity index (χ3n) is 7.06. The van der Waals surface area contributed by atoms with Crippen LogP contribution < -0.4 is 0 Å². The number of carboxylic acid groups (broad SMARTS) is 1. The first kappa shape index (κ1) is 16.7. The van der Waals surface area contributed by atoms with E-state index < -0.39 is 29.5 Å². The molecule has 7 nitrogen and oxygen atoms in total. The molecular formula is C19H26N2O5. The maximum Gasteiger partial charge on any atom is 0.310 e. The number of carbonyl (C=O) groups is 2. The van der Waals surface area contributed by atoms with Crippen LogP contribution >= 0.6 is 0 Å². The van der Waals surface area contributed by atoms with E-state index in [4.69, 9.17) is 9.47 Å². The Kier molecular flexibility index (Phi) is 3.88. The van der Waals surface area contributed by atoms with Crippen LogP contribution in [0.5, 0.6) is 0 Å². The van der Waals surface area contributed by atoms with E-state index in [1.807, 2.05) is 17.1 Å². The Bertz CT molecular complexity index is 638. The fourth-order valence-corrected chi connectivity index (χ4v) is 5.73. The smallest absolute Gasteiger partial charge is 0.310 e. The first-order valence-corrected chi connectivity index (χ1v) is 9.81. The van der Waals surface area contributed by atoms with Crippen LogP contribution in [-0.4, -0.2) is 83.4 Å². The lowest BCUT2D eigenvalue weighted by Gasteiger charge is -2.41. The first-order chi connectivity index (χ1) is 12.6. The van der Waals surface area contributed by atoms with Crippen molar-refractivity contribution in [2.45, 2.75) is 49.5 Å². The molecule has 4 saturated heterocycles. The van der Waals surface area contributed by atoms with E-state index >= 15 is 0 Å². The molecular weight excluding hydrogens is 336 g/mol. The summed E-state index contributed by atoms with van der Waals surface area (Å²) >= 11 is 0. The zero-order valence-corrected chi connectivity index (χ0v) is 14.9. The van der Waals surface area contributed by atoms with E-state index in [0.717, 1.165) is 52.0 Å². The van der Waals surface area contributed by atoms with Crippen molar-refractivity contribution >= 4 is 11.9 Å². The van der Waals surface area contributed by atoms with Gasteiger partial charge in [-0.3, -0.25) is 9.59 Å². The first-order valence-electron chi connectivity index (χ1n) is 9.81. The van der Waals surface area contributed by atoms with Crippen molar-refractivity contribution in [1.29, 1.82) is 0 Å². The molecule has 1 amide bonds. The summed E-state index contributed by atoms with van der Waals surface area (Å²) in [7, 11) is 0. The monoisotopic (exact) mass is 362 g/mol. The van der Waals surface area contributed by atoms with E-state index in [1.165, 1.54) is 0 Å². The zero-order valence-electron chi connectivity index (χ0n) is 14.9. The average molecular weight is 362 g/mol. The highest BCUT2D eigenvalue weighted by molar-refractivity contribution is 5.91.